The molecule has 1 fully saturated rings. The Morgan fingerprint density at radius 1 is 1.65 bits per heavy atom. The molecule has 0 saturated heterocycles. The Bertz CT molecular complexity index is 699. The van der Waals surface area contributed by atoms with Gasteiger partial charge >= 0.3 is 5.97 Å². The minimum Gasteiger partial charge on any atom is -0.467 e. The van der Waals surface area contributed by atoms with Crippen LogP contribution in [0.25, 0.3) is 11.2 Å². The molecule has 20 heavy (non-hydrogen) atoms. The molecule has 1 aliphatic carbocycles. The first-order valence-corrected chi connectivity index (χ1v) is 7.35. The fourth-order valence-electron chi connectivity index (χ4n) is 2.56. The number of ether oxygens (including phenoxy) is 1. The zero-order valence-electron chi connectivity index (χ0n) is 10.4. The minimum atomic E-state index is -1.07. The van der Waals surface area contributed by atoms with Crippen LogP contribution in [-0.4, -0.2) is 33.8 Å². The molecule has 0 amide bonds. The molecule has 0 atom stereocenters. The van der Waals surface area contributed by atoms with Crippen molar-refractivity contribution in [1.82, 2.24) is 14.5 Å². The maximum absolute atomic E-state index is 13.4. The van der Waals surface area contributed by atoms with E-state index in [1.807, 2.05) is 0 Å². The van der Waals surface area contributed by atoms with Gasteiger partial charge < -0.3 is 4.74 Å². The number of carbonyl (C=O) groups excluding carboxylic acids is 1. The number of alkyl halides is 1. The molecule has 0 aliphatic heterocycles. The third kappa shape index (κ3) is 1.90. The Balaban J connectivity index is 2.20. The predicted molar refractivity (Wildman–Crippen MR) is 79.4 cm³/mol. The SMILES string of the molecule is COC(=O)C1(n2cnc3c(I)cc(Cl)nc32)CC(F)C1. The van der Waals surface area contributed by atoms with Gasteiger partial charge in [0.05, 0.1) is 13.4 Å². The van der Waals surface area contributed by atoms with Gasteiger partial charge in [-0.1, -0.05) is 11.6 Å². The van der Waals surface area contributed by atoms with Crippen molar-refractivity contribution in [2.45, 2.75) is 24.6 Å². The van der Waals surface area contributed by atoms with Gasteiger partial charge in [-0.05, 0) is 28.7 Å². The molecule has 2 heterocycles. The van der Waals surface area contributed by atoms with Crippen molar-refractivity contribution >= 4 is 51.3 Å². The number of carbonyl (C=O) groups is 1. The van der Waals surface area contributed by atoms with E-state index in [9.17, 15) is 9.18 Å². The monoisotopic (exact) mass is 409 g/mol. The van der Waals surface area contributed by atoms with Crippen molar-refractivity contribution < 1.29 is 13.9 Å². The number of imidazole rings is 1. The third-order valence-corrected chi connectivity index (χ3v) is 4.59. The second-order valence-corrected chi connectivity index (χ2v) is 6.29. The van der Waals surface area contributed by atoms with Crippen LogP contribution in [0.2, 0.25) is 5.15 Å². The third-order valence-electron chi connectivity index (χ3n) is 3.57. The van der Waals surface area contributed by atoms with Gasteiger partial charge in [-0.15, -0.1) is 0 Å². The molecule has 1 aliphatic rings. The Labute approximate surface area is 132 Å². The van der Waals surface area contributed by atoms with Crippen molar-refractivity contribution in [3.63, 3.8) is 0 Å². The van der Waals surface area contributed by atoms with Crippen LogP contribution in [0.5, 0.6) is 0 Å². The van der Waals surface area contributed by atoms with Gasteiger partial charge in [0.15, 0.2) is 11.2 Å². The first kappa shape index (κ1) is 14.0. The van der Waals surface area contributed by atoms with Crippen LogP contribution < -0.4 is 0 Å². The average Bonchev–Trinajstić information content (AvgIpc) is 2.78. The van der Waals surface area contributed by atoms with Crippen molar-refractivity contribution in [1.29, 1.82) is 0 Å². The Hall–Kier alpha value is -0.960. The summed E-state index contributed by atoms with van der Waals surface area (Å²) in [6.45, 7) is 0. The molecule has 1 saturated carbocycles. The Kier molecular flexibility index (Phi) is 3.36. The van der Waals surface area contributed by atoms with Gasteiger partial charge in [0.2, 0.25) is 0 Å². The highest BCUT2D eigenvalue weighted by atomic mass is 127. The zero-order valence-corrected chi connectivity index (χ0v) is 13.4. The van der Waals surface area contributed by atoms with Gasteiger partial charge in [-0.2, -0.15) is 0 Å². The fourth-order valence-corrected chi connectivity index (χ4v) is 3.61. The van der Waals surface area contributed by atoms with Crippen molar-refractivity contribution in [3.05, 3.63) is 21.1 Å². The number of fused-ring (bicyclic) bond motifs is 1. The quantitative estimate of drug-likeness (QED) is 0.435. The van der Waals surface area contributed by atoms with Crippen LogP contribution in [-0.2, 0) is 15.1 Å². The maximum atomic E-state index is 13.4. The number of rotatable bonds is 2. The molecular formula is C12H10ClFIN3O2. The summed E-state index contributed by atoms with van der Waals surface area (Å²) in [4.78, 5) is 20.5. The predicted octanol–water partition coefficient (Wildman–Crippen LogP) is 2.69. The maximum Gasteiger partial charge on any atom is 0.332 e. The summed E-state index contributed by atoms with van der Waals surface area (Å²) >= 11 is 8.05. The van der Waals surface area contributed by atoms with E-state index in [1.165, 1.54) is 13.4 Å². The molecule has 2 aromatic heterocycles. The highest BCUT2D eigenvalue weighted by Crippen LogP contribution is 2.44. The average molecular weight is 410 g/mol. The van der Waals surface area contributed by atoms with Gasteiger partial charge in [0, 0.05) is 16.4 Å². The molecule has 0 aromatic carbocycles. The minimum absolute atomic E-state index is 0.0654. The summed E-state index contributed by atoms with van der Waals surface area (Å²) in [5, 5.41) is 0.305. The van der Waals surface area contributed by atoms with Gasteiger partial charge in [0.1, 0.15) is 16.8 Å². The fraction of sp³-hybridized carbons (Fsp3) is 0.417. The highest BCUT2D eigenvalue weighted by molar-refractivity contribution is 14.1. The molecule has 106 valence electrons. The summed E-state index contributed by atoms with van der Waals surface area (Å²) in [7, 11) is 1.29. The van der Waals surface area contributed by atoms with E-state index >= 15 is 0 Å². The summed E-state index contributed by atoms with van der Waals surface area (Å²) < 4.78 is 20.6. The van der Waals surface area contributed by atoms with Crippen LogP contribution in [0.3, 0.4) is 0 Å². The van der Waals surface area contributed by atoms with Crippen LogP contribution in [0.1, 0.15) is 12.8 Å². The number of methoxy groups -OCH3 is 1. The summed E-state index contributed by atoms with van der Waals surface area (Å²) in [6.07, 6.45) is 0.606. The van der Waals surface area contributed by atoms with Crippen molar-refractivity contribution in [2.75, 3.05) is 7.11 Å². The van der Waals surface area contributed by atoms with E-state index in [1.54, 1.807) is 10.6 Å². The molecule has 0 spiro atoms. The molecule has 8 heteroatoms. The number of aromatic nitrogens is 3. The van der Waals surface area contributed by atoms with Crippen molar-refractivity contribution in [3.8, 4) is 0 Å². The molecule has 3 rings (SSSR count). The van der Waals surface area contributed by atoms with Crippen molar-refractivity contribution in [2.24, 2.45) is 0 Å². The van der Waals surface area contributed by atoms with E-state index in [4.69, 9.17) is 16.3 Å². The van der Waals surface area contributed by atoms with E-state index in [2.05, 4.69) is 32.6 Å². The van der Waals surface area contributed by atoms with Gasteiger partial charge in [0.25, 0.3) is 0 Å². The first-order chi connectivity index (χ1) is 9.48. The second-order valence-electron chi connectivity index (χ2n) is 4.74. The summed E-state index contributed by atoms with van der Waals surface area (Å²) in [6, 6.07) is 1.69. The number of esters is 1. The van der Waals surface area contributed by atoms with Crippen LogP contribution >= 0.6 is 34.2 Å². The molecule has 0 unspecified atom stereocenters. The summed E-state index contributed by atoms with van der Waals surface area (Å²) in [5.74, 6) is -0.484. The molecule has 5 nitrogen and oxygen atoms in total. The van der Waals surface area contributed by atoms with Crippen LogP contribution in [0, 0.1) is 3.57 Å². The lowest BCUT2D eigenvalue weighted by atomic mass is 9.75. The molecule has 0 radical (unpaired) electrons. The molecule has 0 bridgehead atoms. The number of pyridine rings is 1. The molecular weight excluding hydrogens is 400 g/mol. The lowest BCUT2D eigenvalue weighted by Gasteiger charge is -2.42. The van der Waals surface area contributed by atoms with Gasteiger partial charge in [-0.25, -0.2) is 19.2 Å². The number of hydrogen-bond donors (Lipinski definition) is 0. The summed E-state index contributed by atoms with van der Waals surface area (Å²) in [5.41, 5.74) is 0.0451. The van der Waals surface area contributed by atoms with E-state index in [0.29, 0.717) is 16.3 Å². The number of halogens is 3. The lowest BCUT2D eigenvalue weighted by Crippen LogP contribution is -2.54. The Morgan fingerprint density at radius 3 is 2.95 bits per heavy atom. The van der Waals surface area contributed by atoms with Crippen LogP contribution in [0.15, 0.2) is 12.4 Å². The smallest absolute Gasteiger partial charge is 0.332 e. The Morgan fingerprint density at radius 2 is 2.35 bits per heavy atom. The molecule has 0 N–H and O–H groups in total. The second kappa shape index (κ2) is 4.80. The van der Waals surface area contributed by atoms with Crippen LogP contribution in [0.4, 0.5) is 4.39 Å². The standard InChI is InChI=1S/C12H10ClFIN3O2/c1-20-11(19)12(3-6(14)4-12)18-5-16-9-7(15)2-8(13)17-10(9)18/h2,5-6H,3-4H2,1H3. The number of hydrogen-bond acceptors (Lipinski definition) is 4. The largest absolute Gasteiger partial charge is 0.467 e. The highest BCUT2D eigenvalue weighted by Gasteiger charge is 2.54. The molecule has 2 aromatic rings. The zero-order chi connectivity index (χ0) is 14.5. The van der Waals surface area contributed by atoms with Gasteiger partial charge in [-0.3, -0.25) is 4.57 Å². The lowest BCUT2D eigenvalue weighted by molar-refractivity contribution is -0.160. The van der Waals surface area contributed by atoms with E-state index in [-0.39, 0.29) is 12.8 Å². The topological polar surface area (TPSA) is 57.0 Å². The first-order valence-electron chi connectivity index (χ1n) is 5.90. The van der Waals surface area contributed by atoms with E-state index < -0.39 is 17.7 Å². The van der Waals surface area contributed by atoms with E-state index in [0.717, 1.165) is 3.57 Å². The number of nitrogens with zero attached hydrogens (tertiary/aromatic N) is 3. The normalized spacial score (nSPS) is 25.5.